The van der Waals surface area contributed by atoms with Crippen molar-refractivity contribution in [1.29, 1.82) is 0 Å². The van der Waals surface area contributed by atoms with Gasteiger partial charge in [0.05, 0.1) is 0 Å². The first-order valence-electron chi connectivity index (χ1n) is 1.67. The van der Waals surface area contributed by atoms with E-state index in [2.05, 4.69) is 14.9 Å². The highest BCUT2D eigenvalue weighted by Gasteiger charge is 1.93. The summed E-state index contributed by atoms with van der Waals surface area (Å²) in [5.74, 6) is 0. The fourth-order valence-corrected chi connectivity index (χ4v) is 0.459. The highest BCUT2D eigenvalue weighted by Crippen LogP contribution is 1.96. The van der Waals surface area contributed by atoms with Crippen molar-refractivity contribution >= 4 is 11.1 Å². The smallest absolute Gasteiger partial charge is 0.230 e. The van der Waals surface area contributed by atoms with Crippen LogP contribution in [-0.4, -0.2) is 19.1 Å². The molecule has 0 aliphatic rings. The number of hydrogen-bond acceptors (Lipinski definition) is 5. The van der Waals surface area contributed by atoms with Gasteiger partial charge in [-0.1, -0.05) is 0 Å². The van der Waals surface area contributed by atoms with Gasteiger partial charge in [0.2, 0.25) is 5.09 Å². The molecule has 1 rings (SSSR count). The first-order valence-corrected chi connectivity index (χ1v) is 2.75. The van der Waals surface area contributed by atoms with Gasteiger partial charge in [-0.2, -0.15) is 0 Å². The van der Waals surface area contributed by atoms with Crippen LogP contribution in [0.25, 0.3) is 0 Å². The summed E-state index contributed by atoms with van der Waals surface area (Å²) in [6, 6.07) is 0. The van der Waals surface area contributed by atoms with E-state index in [-0.39, 0.29) is 5.09 Å². The lowest BCUT2D eigenvalue weighted by molar-refractivity contribution is 0.318. The Hall–Kier alpha value is -0.750. The summed E-state index contributed by atoms with van der Waals surface area (Å²) in [4.78, 5) is 0. The summed E-state index contributed by atoms with van der Waals surface area (Å²) in [7, 11) is 0. The summed E-state index contributed by atoms with van der Waals surface area (Å²) >= 11 is -2.34. The van der Waals surface area contributed by atoms with E-state index < -0.39 is 11.1 Å². The van der Waals surface area contributed by atoms with Crippen LogP contribution in [0.5, 0.6) is 0 Å². The summed E-state index contributed by atoms with van der Waals surface area (Å²) in [6.45, 7) is 0. The van der Waals surface area contributed by atoms with Crippen molar-refractivity contribution in [2.75, 3.05) is 0 Å². The highest BCUT2D eigenvalue weighted by atomic mass is 32.2. The molecule has 1 unspecified atom stereocenters. The maximum atomic E-state index is 9.89. The average molecular weight is 133 g/mol. The molecular weight excluding hydrogens is 132 g/mol. The summed E-state index contributed by atoms with van der Waals surface area (Å²) < 4.78 is 23.9. The minimum absolute atomic E-state index is 0.245. The van der Waals surface area contributed by atoms with Crippen LogP contribution >= 0.6 is 0 Å². The molecular formula is C2HN2O3S-. The summed E-state index contributed by atoms with van der Waals surface area (Å²) in [5, 5.41) is 5.81. The number of nitrogens with zero attached hydrogens (tertiary/aromatic N) is 2. The Morgan fingerprint density at radius 1 is 1.88 bits per heavy atom. The second kappa shape index (κ2) is 2.01. The van der Waals surface area contributed by atoms with E-state index in [1.54, 1.807) is 0 Å². The van der Waals surface area contributed by atoms with Crippen LogP contribution < -0.4 is 0 Å². The fourth-order valence-electron chi connectivity index (χ4n) is 0.232. The Bertz CT molecular complexity index is 183. The molecule has 0 saturated carbocycles. The third kappa shape index (κ3) is 0.903. The average Bonchev–Trinajstić information content (AvgIpc) is 2.12. The second-order valence-electron chi connectivity index (χ2n) is 0.971. The molecule has 0 radical (unpaired) electrons. The lowest BCUT2D eigenvalue weighted by Gasteiger charge is -1.92. The van der Waals surface area contributed by atoms with Crippen molar-refractivity contribution < 1.29 is 13.3 Å². The maximum Gasteiger partial charge on any atom is 0.230 e. The van der Waals surface area contributed by atoms with Gasteiger partial charge in [0.25, 0.3) is 0 Å². The van der Waals surface area contributed by atoms with Crippen molar-refractivity contribution in [2.24, 2.45) is 0 Å². The van der Waals surface area contributed by atoms with E-state index in [4.69, 9.17) is 0 Å². The third-order valence-electron chi connectivity index (χ3n) is 0.505. The zero-order chi connectivity index (χ0) is 5.98. The molecule has 0 spiro atoms. The van der Waals surface area contributed by atoms with Gasteiger partial charge in [0, 0.05) is 16.4 Å². The molecule has 0 aliphatic carbocycles. The van der Waals surface area contributed by atoms with E-state index in [0.29, 0.717) is 0 Å². The normalized spacial score (nSPS) is 13.6. The van der Waals surface area contributed by atoms with Crippen LogP contribution in [0.4, 0.5) is 0 Å². The Balaban J connectivity index is 2.93. The standard InChI is InChI=1S/C2H2N2O3S/c5-8(6)2-1-3-4-7-2/h1H,(H,5,6)/p-1. The van der Waals surface area contributed by atoms with Crippen LogP contribution in [0.1, 0.15) is 0 Å². The Morgan fingerprint density at radius 3 is 2.88 bits per heavy atom. The van der Waals surface area contributed by atoms with Crippen LogP contribution in [0.15, 0.2) is 15.8 Å². The van der Waals surface area contributed by atoms with E-state index in [1.165, 1.54) is 0 Å². The van der Waals surface area contributed by atoms with Gasteiger partial charge in [-0.05, 0) is 0 Å². The van der Waals surface area contributed by atoms with Crippen LogP contribution in [0.3, 0.4) is 0 Å². The van der Waals surface area contributed by atoms with Crippen molar-refractivity contribution in [3.8, 4) is 0 Å². The summed E-state index contributed by atoms with van der Waals surface area (Å²) in [6.07, 6.45) is 1.02. The molecule has 1 heterocycles. The predicted octanol–water partition coefficient (Wildman–Crippen LogP) is -0.692. The van der Waals surface area contributed by atoms with Gasteiger partial charge in [0.1, 0.15) is 6.20 Å². The first kappa shape index (κ1) is 5.39. The molecule has 1 aromatic heterocycles. The molecule has 0 aliphatic heterocycles. The Labute approximate surface area is 47.0 Å². The SMILES string of the molecule is O=S([O-])c1cnno1. The van der Waals surface area contributed by atoms with Gasteiger partial charge in [-0.15, -0.1) is 5.10 Å². The Morgan fingerprint density at radius 2 is 2.62 bits per heavy atom. The lowest BCUT2D eigenvalue weighted by atomic mass is 11.0. The Kier molecular flexibility index (Phi) is 1.36. The monoisotopic (exact) mass is 133 g/mol. The molecule has 1 atom stereocenters. The van der Waals surface area contributed by atoms with Gasteiger partial charge in [0.15, 0.2) is 0 Å². The third-order valence-corrected chi connectivity index (χ3v) is 1.01. The highest BCUT2D eigenvalue weighted by molar-refractivity contribution is 7.79. The number of aromatic nitrogens is 2. The second-order valence-corrected chi connectivity index (χ2v) is 1.84. The zero-order valence-corrected chi connectivity index (χ0v) is 4.42. The molecule has 0 saturated heterocycles. The van der Waals surface area contributed by atoms with E-state index in [0.717, 1.165) is 6.20 Å². The molecule has 8 heavy (non-hydrogen) atoms. The minimum Gasteiger partial charge on any atom is -0.766 e. The predicted molar refractivity (Wildman–Crippen MR) is 21.5 cm³/mol. The van der Waals surface area contributed by atoms with Gasteiger partial charge < -0.3 is 9.08 Å². The molecule has 0 aromatic carbocycles. The van der Waals surface area contributed by atoms with Crippen molar-refractivity contribution in [3.63, 3.8) is 0 Å². The van der Waals surface area contributed by atoms with Gasteiger partial charge >= 0.3 is 0 Å². The quantitative estimate of drug-likeness (QED) is 0.473. The van der Waals surface area contributed by atoms with Crippen LogP contribution in [0.2, 0.25) is 0 Å². The molecule has 0 N–H and O–H groups in total. The van der Waals surface area contributed by atoms with E-state index in [9.17, 15) is 8.76 Å². The first-order chi connectivity index (χ1) is 3.80. The molecule has 44 valence electrons. The van der Waals surface area contributed by atoms with Crippen LogP contribution in [-0.2, 0) is 11.1 Å². The lowest BCUT2D eigenvalue weighted by Crippen LogP contribution is -1.82. The van der Waals surface area contributed by atoms with Crippen molar-refractivity contribution in [2.45, 2.75) is 5.09 Å². The van der Waals surface area contributed by atoms with Crippen molar-refractivity contribution in [1.82, 2.24) is 10.4 Å². The fraction of sp³-hybridized carbons (Fsp3) is 0. The molecule has 0 bridgehead atoms. The molecule has 1 aromatic rings. The molecule has 5 nitrogen and oxygen atoms in total. The van der Waals surface area contributed by atoms with Gasteiger partial charge in [-0.25, -0.2) is 0 Å². The molecule has 6 heteroatoms. The number of hydrogen-bond donors (Lipinski definition) is 0. The van der Waals surface area contributed by atoms with Gasteiger partial charge in [-0.3, -0.25) is 4.21 Å². The van der Waals surface area contributed by atoms with Crippen molar-refractivity contribution in [3.05, 3.63) is 6.20 Å². The molecule has 0 fully saturated rings. The number of rotatable bonds is 1. The largest absolute Gasteiger partial charge is 0.766 e. The topological polar surface area (TPSA) is 79.0 Å². The summed E-state index contributed by atoms with van der Waals surface area (Å²) in [5.41, 5.74) is 0. The zero-order valence-electron chi connectivity index (χ0n) is 3.60. The van der Waals surface area contributed by atoms with E-state index >= 15 is 0 Å². The van der Waals surface area contributed by atoms with Crippen LogP contribution in [0, 0.1) is 0 Å². The molecule has 0 amide bonds. The minimum atomic E-state index is -2.34. The maximum absolute atomic E-state index is 9.89. The van der Waals surface area contributed by atoms with E-state index in [1.807, 2.05) is 0 Å².